The van der Waals surface area contributed by atoms with E-state index in [4.69, 9.17) is 0 Å². The van der Waals surface area contributed by atoms with Crippen molar-refractivity contribution >= 4 is 28.3 Å². The predicted octanol–water partition coefficient (Wildman–Crippen LogP) is 3.53. The lowest BCUT2D eigenvalue weighted by Crippen LogP contribution is -2.29. The molecule has 1 aromatic rings. The summed E-state index contributed by atoms with van der Waals surface area (Å²) in [6, 6.07) is 4.74. The zero-order valence-corrected chi connectivity index (χ0v) is 11.4. The largest absolute Gasteiger partial charge is 0.357 e. The molecule has 1 aliphatic heterocycles. The molecule has 2 heterocycles. The van der Waals surface area contributed by atoms with E-state index in [1.54, 1.807) is 0 Å². The Balaban J connectivity index is 1.97. The SMILES string of the molecule is CCC(NC1=NCC(C)CS1)c1cccs1. The highest BCUT2D eigenvalue weighted by Crippen LogP contribution is 2.24. The molecule has 1 aliphatic rings. The van der Waals surface area contributed by atoms with E-state index < -0.39 is 0 Å². The average Bonchev–Trinajstić information content (AvgIpc) is 2.82. The van der Waals surface area contributed by atoms with Crippen LogP contribution in [0.3, 0.4) is 0 Å². The predicted molar refractivity (Wildman–Crippen MR) is 74.4 cm³/mol. The molecule has 0 fully saturated rings. The van der Waals surface area contributed by atoms with Gasteiger partial charge >= 0.3 is 0 Å². The molecule has 1 N–H and O–H groups in total. The summed E-state index contributed by atoms with van der Waals surface area (Å²) in [6.07, 6.45) is 1.11. The minimum absolute atomic E-state index is 0.430. The number of nitrogens with one attached hydrogen (secondary N) is 1. The van der Waals surface area contributed by atoms with Gasteiger partial charge in [-0.25, -0.2) is 0 Å². The van der Waals surface area contributed by atoms with Gasteiger partial charge in [0.15, 0.2) is 5.17 Å². The summed E-state index contributed by atoms with van der Waals surface area (Å²) < 4.78 is 0. The van der Waals surface area contributed by atoms with Crippen molar-refractivity contribution < 1.29 is 0 Å². The van der Waals surface area contributed by atoms with Gasteiger partial charge in [0.2, 0.25) is 0 Å². The molecule has 16 heavy (non-hydrogen) atoms. The number of rotatable bonds is 3. The Bertz CT molecular complexity index is 346. The minimum atomic E-state index is 0.430. The lowest BCUT2D eigenvalue weighted by Gasteiger charge is -2.22. The number of amidine groups is 1. The molecule has 0 saturated heterocycles. The van der Waals surface area contributed by atoms with Crippen molar-refractivity contribution in [3.05, 3.63) is 22.4 Å². The molecule has 0 saturated carbocycles. The summed E-state index contributed by atoms with van der Waals surface area (Å²) in [5.74, 6) is 1.91. The van der Waals surface area contributed by atoms with Crippen molar-refractivity contribution in [3.63, 3.8) is 0 Å². The summed E-state index contributed by atoms with van der Waals surface area (Å²) >= 11 is 3.67. The fourth-order valence-electron chi connectivity index (χ4n) is 1.66. The molecule has 88 valence electrons. The molecule has 0 bridgehead atoms. The normalized spacial score (nSPS) is 22.6. The van der Waals surface area contributed by atoms with E-state index in [2.05, 4.69) is 41.7 Å². The van der Waals surface area contributed by atoms with Gasteiger partial charge < -0.3 is 5.32 Å². The molecular weight excluding hydrogens is 236 g/mol. The molecule has 0 amide bonds. The van der Waals surface area contributed by atoms with Crippen molar-refractivity contribution in [1.82, 2.24) is 5.32 Å². The van der Waals surface area contributed by atoms with Crippen LogP contribution in [0, 0.1) is 5.92 Å². The van der Waals surface area contributed by atoms with E-state index in [9.17, 15) is 0 Å². The van der Waals surface area contributed by atoms with Crippen LogP contribution in [-0.2, 0) is 0 Å². The fraction of sp³-hybridized carbons (Fsp3) is 0.583. The Morgan fingerprint density at radius 1 is 1.62 bits per heavy atom. The van der Waals surface area contributed by atoms with Crippen LogP contribution < -0.4 is 5.32 Å². The quantitative estimate of drug-likeness (QED) is 0.892. The molecule has 1 aromatic heterocycles. The fourth-order valence-corrected chi connectivity index (χ4v) is 3.46. The highest BCUT2D eigenvalue weighted by atomic mass is 32.2. The molecule has 0 aliphatic carbocycles. The maximum atomic E-state index is 4.58. The summed E-state index contributed by atoms with van der Waals surface area (Å²) in [5.41, 5.74) is 0. The lowest BCUT2D eigenvalue weighted by molar-refractivity contribution is 0.625. The van der Waals surface area contributed by atoms with Gasteiger partial charge in [-0.05, 0) is 23.8 Å². The molecule has 0 radical (unpaired) electrons. The van der Waals surface area contributed by atoms with Crippen molar-refractivity contribution in [2.45, 2.75) is 26.3 Å². The van der Waals surface area contributed by atoms with E-state index >= 15 is 0 Å². The topological polar surface area (TPSA) is 24.4 Å². The molecule has 0 spiro atoms. The van der Waals surface area contributed by atoms with E-state index in [0.717, 1.165) is 24.1 Å². The van der Waals surface area contributed by atoms with Crippen molar-refractivity contribution in [1.29, 1.82) is 0 Å². The second kappa shape index (κ2) is 5.73. The molecule has 2 nitrogen and oxygen atoms in total. The van der Waals surface area contributed by atoms with Crippen LogP contribution in [0.15, 0.2) is 22.5 Å². The Labute approximate surface area is 106 Å². The van der Waals surface area contributed by atoms with Crippen molar-refractivity contribution in [3.8, 4) is 0 Å². The van der Waals surface area contributed by atoms with Crippen LogP contribution in [0.1, 0.15) is 31.2 Å². The number of hydrogen-bond donors (Lipinski definition) is 1. The Morgan fingerprint density at radius 2 is 2.50 bits per heavy atom. The average molecular weight is 254 g/mol. The molecule has 2 rings (SSSR count). The van der Waals surface area contributed by atoms with Gasteiger partial charge in [-0.1, -0.05) is 31.7 Å². The number of nitrogens with zero attached hydrogens (tertiary/aromatic N) is 1. The first kappa shape index (κ1) is 12.0. The Hall–Kier alpha value is -0.480. The van der Waals surface area contributed by atoms with Crippen LogP contribution >= 0.6 is 23.1 Å². The summed E-state index contributed by atoms with van der Waals surface area (Å²) in [4.78, 5) is 5.99. The Kier molecular flexibility index (Phi) is 4.29. The zero-order valence-electron chi connectivity index (χ0n) is 9.77. The van der Waals surface area contributed by atoms with Gasteiger partial charge in [0.1, 0.15) is 0 Å². The first-order valence-electron chi connectivity index (χ1n) is 5.76. The van der Waals surface area contributed by atoms with E-state index in [1.807, 2.05) is 23.1 Å². The standard InChI is InChI=1S/C12H18N2S2/c1-3-10(11-5-4-6-15-11)14-12-13-7-9(2)8-16-12/h4-6,9-10H,3,7-8H2,1-2H3,(H,13,14). The summed E-state index contributed by atoms with van der Waals surface area (Å²) in [6.45, 7) is 5.44. The first-order valence-corrected chi connectivity index (χ1v) is 7.63. The molecule has 0 aromatic carbocycles. The molecule has 2 atom stereocenters. The third kappa shape index (κ3) is 3.01. The van der Waals surface area contributed by atoms with E-state index in [0.29, 0.717) is 6.04 Å². The monoisotopic (exact) mass is 254 g/mol. The zero-order chi connectivity index (χ0) is 11.4. The minimum Gasteiger partial charge on any atom is -0.357 e. The number of aliphatic imine (C=N–C) groups is 1. The van der Waals surface area contributed by atoms with Crippen LogP contribution in [-0.4, -0.2) is 17.5 Å². The van der Waals surface area contributed by atoms with Crippen LogP contribution in [0.5, 0.6) is 0 Å². The van der Waals surface area contributed by atoms with Crippen LogP contribution in [0.25, 0.3) is 0 Å². The first-order chi connectivity index (χ1) is 7.79. The van der Waals surface area contributed by atoms with Crippen molar-refractivity contribution in [2.75, 3.05) is 12.3 Å². The van der Waals surface area contributed by atoms with Crippen molar-refractivity contribution in [2.24, 2.45) is 10.9 Å². The van der Waals surface area contributed by atoms with E-state index in [1.165, 1.54) is 10.6 Å². The summed E-state index contributed by atoms with van der Waals surface area (Å²) in [5, 5.41) is 6.81. The van der Waals surface area contributed by atoms with E-state index in [-0.39, 0.29) is 0 Å². The van der Waals surface area contributed by atoms with Crippen LogP contribution in [0.2, 0.25) is 0 Å². The second-order valence-corrected chi connectivity index (χ2v) is 6.17. The highest BCUT2D eigenvalue weighted by Gasteiger charge is 2.16. The third-order valence-corrected chi connectivity index (χ3v) is 4.89. The molecule has 4 heteroatoms. The third-order valence-electron chi connectivity index (χ3n) is 2.64. The smallest absolute Gasteiger partial charge is 0.157 e. The van der Waals surface area contributed by atoms with Gasteiger partial charge in [0, 0.05) is 17.2 Å². The number of thioether (sulfide) groups is 1. The van der Waals surface area contributed by atoms with Gasteiger partial charge in [-0.15, -0.1) is 11.3 Å². The number of thiophene rings is 1. The van der Waals surface area contributed by atoms with Crippen LogP contribution in [0.4, 0.5) is 0 Å². The second-order valence-electron chi connectivity index (χ2n) is 4.18. The Morgan fingerprint density at radius 3 is 3.06 bits per heavy atom. The van der Waals surface area contributed by atoms with Gasteiger partial charge in [0.05, 0.1) is 6.04 Å². The molecule has 2 unspecified atom stereocenters. The maximum absolute atomic E-state index is 4.58. The highest BCUT2D eigenvalue weighted by molar-refractivity contribution is 8.13. The lowest BCUT2D eigenvalue weighted by atomic mass is 10.2. The van der Waals surface area contributed by atoms with Gasteiger partial charge in [0.25, 0.3) is 0 Å². The van der Waals surface area contributed by atoms with Gasteiger partial charge in [-0.3, -0.25) is 4.99 Å². The molecular formula is C12H18N2S2. The number of hydrogen-bond acceptors (Lipinski definition) is 4. The maximum Gasteiger partial charge on any atom is 0.157 e. The summed E-state index contributed by atoms with van der Waals surface area (Å²) in [7, 11) is 0. The van der Waals surface area contributed by atoms with Gasteiger partial charge in [-0.2, -0.15) is 0 Å².